The number of hydrazine groups is 1. The summed E-state index contributed by atoms with van der Waals surface area (Å²) in [6, 6.07) is -1.35. The third-order valence-electron chi connectivity index (χ3n) is 3.32. The summed E-state index contributed by atoms with van der Waals surface area (Å²) in [5.74, 6) is 4.25. The fraction of sp³-hybridized carbons (Fsp3) is 0.750. The maximum Gasteiger partial charge on any atom is 0.240 e. The van der Waals surface area contributed by atoms with Crippen molar-refractivity contribution in [2.45, 2.75) is 45.2 Å². The van der Waals surface area contributed by atoms with Gasteiger partial charge in [-0.05, 0) is 18.8 Å². The molecule has 0 unspecified atom stereocenters. The highest BCUT2D eigenvalue weighted by Crippen LogP contribution is 2.08. The van der Waals surface area contributed by atoms with E-state index in [-0.39, 0.29) is 17.8 Å². The fourth-order valence-electron chi connectivity index (χ4n) is 1.80. The Morgan fingerprint density at radius 1 is 1.29 bits per heavy atom. The van der Waals surface area contributed by atoms with E-state index < -0.39 is 18.0 Å². The molecule has 0 aromatic heterocycles. The molecule has 0 rings (SSSR count). The summed E-state index contributed by atoms with van der Waals surface area (Å²) in [4.78, 5) is 23.5. The van der Waals surface area contributed by atoms with Crippen molar-refractivity contribution in [3.8, 4) is 0 Å². The van der Waals surface area contributed by atoms with Crippen LogP contribution in [0.2, 0.25) is 0 Å². The Labute approximate surface area is 124 Å². The Balaban J connectivity index is 4.42. The van der Waals surface area contributed by atoms with Gasteiger partial charge < -0.3 is 22.1 Å². The van der Waals surface area contributed by atoms with E-state index in [2.05, 4.69) is 16.1 Å². The van der Waals surface area contributed by atoms with Crippen LogP contribution in [0.3, 0.4) is 0 Å². The number of carbonyl (C=O) groups excluding carboxylic acids is 2. The summed E-state index contributed by atoms with van der Waals surface area (Å²) < 4.78 is 0. The monoisotopic (exact) mass is 301 g/mol. The number of hydrogen-bond donors (Lipinski definition) is 7. The molecule has 122 valence electrons. The summed E-state index contributed by atoms with van der Waals surface area (Å²) >= 11 is 0. The van der Waals surface area contributed by atoms with Gasteiger partial charge in [-0.3, -0.25) is 20.8 Å². The second-order valence-corrected chi connectivity index (χ2v) is 4.98. The molecule has 0 saturated heterocycles. The minimum absolute atomic E-state index is 0.0516. The third kappa shape index (κ3) is 7.47. The van der Waals surface area contributed by atoms with Crippen molar-refractivity contribution in [2.24, 2.45) is 23.2 Å². The van der Waals surface area contributed by atoms with Crippen LogP contribution in [-0.4, -0.2) is 36.4 Å². The average molecular weight is 301 g/mol. The van der Waals surface area contributed by atoms with Crippen LogP contribution in [0.15, 0.2) is 0 Å². The molecule has 10 N–H and O–H groups in total. The molecule has 0 saturated carbocycles. The number of nitrogens with two attached hydrogens (primary N) is 3. The number of guanidine groups is 1. The Hall–Kier alpha value is -1.87. The topological polar surface area (TPSA) is 172 Å². The van der Waals surface area contributed by atoms with E-state index in [9.17, 15) is 9.59 Å². The van der Waals surface area contributed by atoms with Gasteiger partial charge in [-0.25, -0.2) is 5.43 Å². The van der Waals surface area contributed by atoms with Gasteiger partial charge in [-0.2, -0.15) is 0 Å². The van der Waals surface area contributed by atoms with Gasteiger partial charge in [0.2, 0.25) is 11.8 Å². The molecular formula is C12H27N7O2. The molecule has 0 spiro atoms. The highest BCUT2D eigenvalue weighted by molar-refractivity contribution is 5.89. The van der Waals surface area contributed by atoms with E-state index in [4.69, 9.17) is 22.7 Å². The van der Waals surface area contributed by atoms with Crippen molar-refractivity contribution in [2.75, 3.05) is 6.54 Å². The van der Waals surface area contributed by atoms with E-state index in [1.807, 2.05) is 13.8 Å². The van der Waals surface area contributed by atoms with Crippen molar-refractivity contribution in [1.29, 1.82) is 5.41 Å². The maximum absolute atomic E-state index is 12.1. The van der Waals surface area contributed by atoms with Crippen molar-refractivity contribution < 1.29 is 9.59 Å². The molecule has 21 heavy (non-hydrogen) atoms. The lowest BCUT2D eigenvalue weighted by atomic mass is 9.98. The van der Waals surface area contributed by atoms with Crippen molar-refractivity contribution in [3.05, 3.63) is 0 Å². The summed E-state index contributed by atoms with van der Waals surface area (Å²) in [6.07, 6.45) is 1.75. The molecular weight excluding hydrogens is 274 g/mol. The van der Waals surface area contributed by atoms with Gasteiger partial charge in [0.1, 0.15) is 6.04 Å². The van der Waals surface area contributed by atoms with Crippen LogP contribution in [0.5, 0.6) is 0 Å². The molecule has 9 heteroatoms. The fourth-order valence-corrected chi connectivity index (χ4v) is 1.80. The predicted octanol–water partition coefficient (Wildman–Crippen LogP) is -1.90. The Kier molecular flexibility index (Phi) is 9.06. The quantitative estimate of drug-likeness (QED) is 0.0815. The summed E-state index contributed by atoms with van der Waals surface area (Å²) in [5.41, 5.74) is 12.9. The van der Waals surface area contributed by atoms with Crippen LogP contribution in [0, 0.1) is 11.3 Å². The third-order valence-corrected chi connectivity index (χ3v) is 3.32. The van der Waals surface area contributed by atoms with Gasteiger partial charge in [0.05, 0.1) is 6.04 Å². The van der Waals surface area contributed by atoms with Crippen LogP contribution in [0.1, 0.15) is 33.1 Å². The van der Waals surface area contributed by atoms with Crippen molar-refractivity contribution >= 4 is 17.8 Å². The highest BCUT2D eigenvalue weighted by Gasteiger charge is 2.26. The molecule has 0 fully saturated rings. The smallest absolute Gasteiger partial charge is 0.240 e. The first kappa shape index (κ1) is 19.1. The second-order valence-electron chi connectivity index (χ2n) is 4.98. The molecule has 0 aliphatic carbocycles. The lowest BCUT2D eigenvalue weighted by Gasteiger charge is -2.24. The molecule has 9 nitrogen and oxygen atoms in total. The summed E-state index contributed by atoms with van der Waals surface area (Å²) in [5, 5.41) is 12.3. The maximum atomic E-state index is 12.1. The Morgan fingerprint density at radius 2 is 1.90 bits per heavy atom. The van der Waals surface area contributed by atoms with Crippen molar-refractivity contribution in [3.63, 3.8) is 0 Å². The van der Waals surface area contributed by atoms with Gasteiger partial charge in [0.15, 0.2) is 5.96 Å². The first-order chi connectivity index (χ1) is 9.83. The first-order valence-electron chi connectivity index (χ1n) is 6.97. The SMILES string of the molecule is CC[C@@H](C)[C@@H](NC(=O)[C@@H](CCCNC(=N)N)NN)C(N)=O. The molecule has 2 amide bonds. The van der Waals surface area contributed by atoms with Crippen LogP contribution in [-0.2, 0) is 9.59 Å². The molecule has 0 aliphatic heterocycles. The molecule has 3 atom stereocenters. The van der Waals surface area contributed by atoms with Crippen LogP contribution >= 0.6 is 0 Å². The predicted molar refractivity (Wildman–Crippen MR) is 80.8 cm³/mol. The number of rotatable bonds is 10. The minimum atomic E-state index is -0.714. The van der Waals surface area contributed by atoms with Gasteiger partial charge in [0, 0.05) is 6.54 Å². The van der Waals surface area contributed by atoms with Crippen molar-refractivity contribution in [1.82, 2.24) is 16.1 Å². The highest BCUT2D eigenvalue weighted by atomic mass is 16.2. The lowest BCUT2D eigenvalue weighted by molar-refractivity contribution is -0.129. The van der Waals surface area contributed by atoms with Gasteiger partial charge in [0.25, 0.3) is 0 Å². The molecule has 0 radical (unpaired) electrons. The van der Waals surface area contributed by atoms with Gasteiger partial charge >= 0.3 is 0 Å². The first-order valence-corrected chi connectivity index (χ1v) is 6.97. The summed E-state index contributed by atoms with van der Waals surface area (Å²) in [7, 11) is 0. The average Bonchev–Trinajstić information content (AvgIpc) is 2.43. The zero-order valence-electron chi connectivity index (χ0n) is 12.6. The lowest BCUT2D eigenvalue weighted by Crippen LogP contribution is -2.55. The van der Waals surface area contributed by atoms with E-state index in [1.165, 1.54) is 0 Å². The number of hydrogen-bond acceptors (Lipinski definition) is 5. The second kappa shape index (κ2) is 9.94. The zero-order chi connectivity index (χ0) is 16.4. The Bertz CT molecular complexity index is 362. The molecule has 0 heterocycles. The van der Waals surface area contributed by atoms with Crippen LogP contribution in [0.4, 0.5) is 0 Å². The number of primary amides is 1. The summed E-state index contributed by atoms with van der Waals surface area (Å²) in [6.45, 7) is 4.22. The van der Waals surface area contributed by atoms with Crippen LogP contribution < -0.4 is 33.4 Å². The molecule has 0 aromatic rings. The van der Waals surface area contributed by atoms with Gasteiger partial charge in [-0.1, -0.05) is 20.3 Å². The largest absolute Gasteiger partial charge is 0.370 e. The normalized spacial score (nSPS) is 14.8. The molecule has 0 aliphatic rings. The Morgan fingerprint density at radius 3 is 2.33 bits per heavy atom. The van der Waals surface area contributed by atoms with E-state index >= 15 is 0 Å². The van der Waals surface area contributed by atoms with E-state index in [0.717, 1.165) is 6.42 Å². The van der Waals surface area contributed by atoms with Gasteiger partial charge in [-0.15, -0.1) is 0 Å². The number of nitrogens with one attached hydrogen (secondary N) is 4. The molecule has 0 bridgehead atoms. The van der Waals surface area contributed by atoms with E-state index in [0.29, 0.717) is 19.4 Å². The zero-order valence-corrected chi connectivity index (χ0v) is 12.6. The number of carbonyl (C=O) groups is 2. The number of amides is 2. The molecule has 0 aromatic carbocycles. The van der Waals surface area contributed by atoms with Crippen LogP contribution in [0.25, 0.3) is 0 Å². The standard InChI is InChI=1S/C12H27N7O2/c1-3-7(2)9(10(13)20)18-11(21)8(19-16)5-4-6-17-12(14)15/h7-9,19H,3-6,16H2,1-2H3,(H2,13,20)(H,18,21)(H4,14,15,17)/t7-,8-,9-/m1/s1. The van der Waals surface area contributed by atoms with E-state index in [1.54, 1.807) is 0 Å². The minimum Gasteiger partial charge on any atom is -0.370 e.